The number of carbonyl (C=O) groups excluding carboxylic acids is 1. The molecule has 1 aromatic heterocycles. The zero-order valence-corrected chi connectivity index (χ0v) is 17.8. The van der Waals surface area contributed by atoms with Crippen molar-refractivity contribution >= 4 is 40.5 Å². The summed E-state index contributed by atoms with van der Waals surface area (Å²) in [5, 5.41) is 23.0. The van der Waals surface area contributed by atoms with Gasteiger partial charge in [0.1, 0.15) is 6.04 Å². The summed E-state index contributed by atoms with van der Waals surface area (Å²) in [6, 6.07) is 21.9. The van der Waals surface area contributed by atoms with Gasteiger partial charge in [0.2, 0.25) is 0 Å². The number of thiophene rings is 1. The van der Waals surface area contributed by atoms with Crippen LogP contribution in [-0.4, -0.2) is 17.9 Å². The maximum atomic E-state index is 13.9. The van der Waals surface area contributed by atoms with E-state index in [1.54, 1.807) is 18.2 Å². The van der Waals surface area contributed by atoms with Crippen LogP contribution in [0.5, 0.6) is 0 Å². The highest BCUT2D eigenvalue weighted by molar-refractivity contribution is 7.12. The summed E-state index contributed by atoms with van der Waals surface area (Å²) in [6.07, 6.45) is 3.81. The van der Waals surface area contributed by atoms with Crippen molar-refractivity contribution in [3.63, 3.8) is 0 Å². The van der Waals surface area contributed by atoms with Gasteiger partial charge in [-0.1, -0.05) is 66.2 Å². The Balaban J connectivity index is 1.82. The number of anilines is 1. The van der Waals surface area contributed by atoms with Crippen LogP contribution in [0.4, 0.5) is 5.69 Å². The number of hydrogen-bond donors (Lipinski definition) is 0. The first-order chi connectivity index (χ1) is 15.1. The minimum atomic E-state index is -1.48. The zero-order chi connectivity index (χ0) is 21.6. The Bertz CT molecular complexity index is 1270. The van der Waals surface area contributed by atoms with E-state index in [-0.39, 0.29) is 5.78 Å². The van der Waals surface area contributed by atoms with Crippen LogP contribution in [0.2, 0.25) is 5.02 Å². The molecule has 2 aliphatic heterocycles. The fourth-order valence-electron chi connectivity index (χ4n) is 4.87. The molecule has 4 nitrogen and oxygen atoms in total. The first-order valence-corrected chi connectivity index (χ1v) is 11.1. The Hall–Kier alpha value is -3.38. The van der Waals surface area contributed by atoms with E-state index in [1.807, 2.05) is 64.9 Å². The van der Waals surface area contributed by atoms with Gasteiger partial charge in [0.25, 0.3) is 0 Å². The van der Waals surface area contributed by atoms with Crippen molar-refractivity contribution in [3.8, 4) is 12.1 Å². The van der Waals surface area contributed by atoms with Gasteiger partial charge in [0.05, 0.1) is 23.1 Å². The van der Waals surface area contributed by atoms with Crippen LogP contribution in [0.1, 0.15) is 26.7 Å². The van der Waals surface area contributed by atoms with Crippen molar-refractivity contribution < 1.29 is 4.79 Å². The fraction of sp³-hybridized carbons (Fsp3) is 0.160. The number of halogens is 1. The second-order valence-corrected chi connectivity index (χ2v) is 9.00. The molecule has 1 saturated heterocycles. The summed E-state index contributed by atoms with van der Waals surface area (Å²) in [5.74, 6) is -0.825. The molecular formula is C25H16ClN3OS. The molecule has 6 heteroatoms. The van der Waals surface area contributed by atoms with E-state index in [9.17, 15) is 15.3 Å². The number of carbonyl (C=O) groups is 1. The molecule has 0 aliphatic carbocycles. The predicted octanol–water partition coefficient (Wildman–Crippen LogP) is 5.69. The Labute approximate surface area is 189 Å². The van der Waals surface area contributed by atoms with E-state index < -0.39 is 23.4 Å². The lowest BCUT2D eigenvalue weighted by Gasteiger charge is -2.35. The number of ketones is 1. The van der Waals surface area contributed by atoms with Crippen LogP contribution < -0.4 is 4.90 Å². The molecular weight excluding hydrogens is 426 g/mol. The van der Waals surface area contributed by atoms with Crippen LogP contribution in [0.15, 0.2) is 72.1 Å². The van der Waals surface area contributed by atoms with Crippen molar-refractivity contribution in [2.45, 2.75) is 18.0 Å². The van der Waals surface area contributed by atoms with Gasteiger partial charge in [-0.15, -0.1) is 11.3 Å². The van der Waals surface area contributed by atoms with E-state index in [0.717, 1.165) is 11.3 Å². The van der Waals surface area contributed by atoms with Crippen molar-refractivity contribution in [1.82, 2.24) is 0 Å². The highest BCUT2D eigenvalue weighted by atomic mass is 35.5. The highest BCUT2D eigenvalue weighted by Crippen LogP contribution is 2.56. The lowest BCUT2D eigenvalue weighted by atomic mass is 9.69. The Kier molecular flexibility index (Phi) is 4.67. The summed E-state index contributed by atoms with van der Waals surface area (Å²) in [6.45, 7) is 0. The molecule has 0 spiro atoms. The molecule has 150 valence electrons. The van der Waals surface area contributed by atoms with Crippen molar-refractivity contribution in [2.24, 2.45) is 5.41 Å². The van der Waals surface area contributed by atoms with E-state index in [2.05, 4.69) is 12.1 Å². The van der Waals surface area contributed by atoms with E-state index in [1.165, 1.54) is 11.3 Å². The van der Waals surface area contributed by atoms with E-state index in [0.29, 0.717) is 15.5 Å². The number of fused-ring (bicyclic) bond motifs is 3. The summed E-state index contributed by atoms with van der Waals surface area (Å²) in [4.78, 5) is 16.4. The van der Waals surface area contributed by atoms with Gasteiger partial charge in [-0.2, -0.15) is 10.5 Å². The molecule has 0 unspecified atom stereocenters. The van der Waals surface area contributed by atoms with E-state index in [4.69, 9.17) is 11.6 Å². The third-order valence-electron chi connectivity index (χ3n) is 6.19. The highest BCUT2D eigenvalue weighted by Gasteiger charge is 2.63. The zero-order valence-electron chi connectivity index (χ0n) is 16.3. The minimum Gasteiger partial charge on any atom is -0.351 e. The number of Topliss-reactive ketones (excluding diaryl/α,β-unsaturated/α-hetero) is 1. The van der Waals surface area contributed by atoms with Gasteiger partial charge in [0.15, 0.2) is 11.2 Å². The third-order valence-corrected chi connectivity index (χ3v) is 7.42. The van der Waals surface area contributed by atoms with Gasteiger partial charge in [-0.25, -0.2) is 0 Å². The van der Waals surface area contributed by atoms with Crippen LogP contribution in [0.25, 0.3) is 6.08 Å². The second-order valence-electron chi connectivity index (χ2n) is 7.65. The average molecular weight is 442 g/mol. The number of para-hydroxylation sites is 1. The molecule has 0 saturated carbocycles. The molecule has 2 aliphatic rings. The Morgan fingerprint density at radius 2 is 1.77 bits per heavy atom. The molecule has 3 atom stereocenters. The SMILES string of the molecule is N#CC1(C#N)[C@@H](c2ccccc2Cl)[C@@H](C(=O)c2cccs2)N2c3ccccc3C=C[C@@H]21. The Morgan fingerprint density at radius 1 is 1.03 bits per heavy atom. The second kappa shape index (κ2) is 7.39. The molecule has 31 heavy (non-hydrogen) atoms. The smallest absolute Gasteiger partial charge is 0.195 e. The van der Waals surface area contributed by atoms with Gasteiger partial charge in [-0.3, -0.25) is 4.79 Å². The minimum absolute atomic E-state index is 0.109. The quantitative estimate of drug-likeness (QED) is 0.490. The molecule has 1 fully saturated rings. The molecule has 0 amide bonds. The molecule has 3 heterocycles. The van der Waals surface area contributed by atoms with Gasteiger partial charge < -0.3 is 4.90 Å². The van der Waals surface area contributed by atoms with Gasteiger partial charge >= 0.3 is 0 Å². The first-order valence-electron chi connectivity index (χ1n) is 9.82. The predicted molar refractivity (Wildman–Crippen MR) is 122 cm³/mol. The number of hydrogen-bond acceptors (Lipinski definition) is 5. The summed E-state index contributed by atoms with van der Waals surface area (Å²) >= 11 is 7.94. The molecule has 0 radical (unpaired) electrons. The first kappa shape index (κ1) is 19.6. The molecule has 3 aromatic rings. The number of nitriles is 2. The molecule has 2 aromatic carbocycles. The maximum Gasteiger partial charge on any atom is 0.195 e. The summed E-state index contributed by atoms with van der Waals surface area (Å²) in [5.41, 5.74) is 0.955. The van der Waals surface area contributed by atoms with Crippen molar-refractivity contribution in [1.29, 1.82) is 10.5 Å². The number of benzene rings is 2. The van der Waals surface area contributed by atoms with Gasteiger partial charge in [0, 0.05) is 16.6 Å². The van der Waals surface area contributed by atoms with Crippen LogP contribution in [-0.2, 0) is 0 Å². The normalized spacial score (nSPS) is 22.8. The third kappa shape index (κ3) is 2.75. The largest absolute Gasteiger partial charge is 0.351 e. The lowest BCUT2D eigenvalue weighted by molar-refractivity contribution is 0.0955. The summed E-state index contributed by atoms with van der Waals surface area (Å²) < 4.78 is 0. The Morgan fingerprint density at radius 3 is 2.48 bits per heavy atom. The van der Waals surface area contributed by atoms with Gasteiger partial charge in [-0.05, 0) is 34.7 Å². The van der Waals surface area contributed by atoms with Crippen LogP contribution in [0.3, 0.4) is 0 Å². The number of nitrogens with zero attached hydrogens (tertiary/aromatic N) is 3. The number of rotatable bonds is 3. The molecule has 0 bridgehead atoms. The molecule has 5 rings (SSSR count). The standard InChI is InChI=1S/C25H16ClN3OS/c26-18-8-3-2-7-17(18)22-23(24(30)20-10-5-13-31-20)29-19-9-4-1-6-16(19)11-12-21(29)25(22,14-27)15-28/h1-13,21-23H/t21-,22+,23+/m1/s1. The fourth-order valence-corrected chi connectivity index (χ4v) is 5.82. The maximum absolute atomic E-state index is 13.9. The van der Waals surface area contributed by atoms with Crippen LogP contribution in [0, 0.1) is 28.1 Å². The topological polar surface area (TPSA) is 67.9 Å². The van der Waals surface area contributed by atoms with Crippen molar-refractivity contribution in [3.05, 3.63) is 93.1 Å². The monoisotopic (exact) mass is 441 g/mol. The summed E-state index contributed by atoms with van der Waals surface area (Å²) in [7, 11) is 0. The van der Waals surface area contributed by atoms with Crippen LogP contribution >= 0.6 is 22.9 Å². The molecule has 0 N–H and O–H groups in total. The average Bonchev–Trinajstić information content (AvgIpc) is 3.44. The van der Waals surface area contributed by atoms with Crippen molar-refractivity contribution in [2.75, 3.05) is 4.90 Å². The lowest BCUT2D eigenvalue weighted by Crippen LogP contribution is -2.44. The van der Waals surface area contributed by atoms with E-state index >= 15 is 0 Å².